The van der Waals surface area contributed by atoms with Gasteiger partial charge in [-0.1, -0.05) is 0 Å². The molecule has 0 saturated carbocycles. The van der Waals surface area contributed by atoms with E-state index in [9.17, 15) is 15.2 Å². The number of nitrogens with zero attached hydrogens (tertiary/aromatic N) is 2. The number of hydrogen-bond acceptors (Lipinski definition) is 6. The zero-order valence-electron chi connectivity index (χ0n) is 10.0. The highest BCUT2D eigenvalue weighted by Gasteiger charge is 2.37. The molecule has 1 aliphatic rings. The summed E-state index contributed by atoms with van der Waals surface area (Å²) in [4.78, 5) is 14.3. The van der Waals surface area contributed by atoms with E-state index in [0.29, 0.717) is 31.3 Å². The number of aryl methyl sites for hydroxylation is 1. The molecular formula is C11H15N3O4. The monoisotopic (exact) mass is 253 g/mol. The van der Waals surface area contributed by atoms with Crippen LogP contribution in [-0.2, 0) is 4.74 Å². The van der Waals surface area contributed by atoms with Gasteiger partial charge in [0.15, 0.2) is 0 Å². The minimum absolute atomic E-state index is 0.00407. The SMILES string of the molecule is Cc1nc(NCC2(CO)COC2)ccc1[N+](=O)[O-]. The van der Waals surface area contributed by atoms with Gasteiger partial charge in [0, 0.05) is 12.6 Å². The zero-order valence-corrected chi connectivity index (χ0v) is 10.0. The highest BCUT2D eigenvalue weighted by molar-refractivity contribution is 5.45. The van der Waals surface area contributed by atoms with E-state index in [4.69, 9.17) is 4.74 Å². The maximum absolute atomic E-state index is 10.6. The highest BCUT2D eigenvalue weighted by Crippen LogP contribution is 2.27. The fourth-order valence-corrected chi connectivity index (χ4v) is 1.76. The molecule has 2 rings (SSSR count). The molecular weight excluding hydrogens is 238 g/mol. The van der Waals surface area contributed by atoms with Crippen LogP contribution < -0.4 is 5.32 Å². The summed E-state index contributed by atoms with van der Waals surface area (Å²) in [5.74, 6) is 0.567. The summed E-state index contributed by atoms with van der Waals surface area (Å²) in [6, 6.07) is 2.99. The summed E-state index contributed by atoms with van der Waals surface area (Å²) in [7, 11) is 0. The number of anilines is 1. The first-order valence-electron chi connectivity index (χ1n) is 5.61. The van der Waals surface area contributed by atoms with E-state index in [1.54, 1.807) is 13.0 Å². The average molecular weight is 253 g/mol. The Hall–Kier alpha value is -1.73. The minimum Gasteiger partial charge on any atom is -0.396 e. The number of pyridine rings is 1. The summed E-state index contributed by atoms with van der Waals surface area (Å²) in [5, 5.41) is 23.0. The van der Waals surface area contributed by atoms with Crippen molar-refractivity contribution in [1.29, 1.82) is 0 Å². The van der Waals surface area contributed by atoms with Gasteiger partial charge in [0.05, 0.1) is 30.2 Å². The Morgan fingerprint density at radius 3 is 2.78 bits per heavy atom. The molecule has 1 aromatic heterocycles. The van der Waals surface area contributed by atoms with Gasteiger partial charge in [-0.15, -0.1) is 0 Å². The van der Waals surface area contributed by atoms with Gasteiger partial charge in [0.25, 0.3) is 5.69 Å². The molecule has 7 nitrogen and oxygen atoms in total. The van der Waals surface area contributed by atoms with Crippen LogP contribution >= 0.6 is 0 Å². The lowest BCUT2D eigenvalue weighted by Gasteiger charge is -2.39. The number of aliphatic hydroxyl groups excluding tert-OH is 1. The number of hydrogen-bond donors (Lipinski definition) is 2. The van der Waals surface area contributed by atoms with E-state index in [0.717, 1.165) is 0 Å². The van der Waals surface area contributed by atoms with E-state index >= 15 is 0 Å². The molecule has 0 bridgehead atoms. The largest absolute Gasteiger partial charge is 0.396 e. The average Bonchev–Trinajstić information content (AvgIpc) is 2.27. The molecule has 2 N–H and O–H groups in total. The standard InChI is InChI=1S/C11H15N3O4/c1-8-9(14(16)17)2-3-10(13-8)12-4-11(5-15)6-18-7-11/h2-3,15H,4-7H2,1H3,(H,12,13). The van der Waals surface area contributed by atoms with Crippen molar-refractivity contribution in [1.82, 2.24) is 4.98 Å². The van der Waals surface area contributed by atoms with Gasteiger partial charge in [-0.05, 0) is 13.0 Å². The van der Waals surface area contributed by atoms with Crippen LogP contribution in [0, 0.1) is 22.5 Å². The number of aliphatic hydroxyl groups is 1. The first-order chi connectivity index (χ1) is 8.56. The predicted octanol–water partition coefficient (Wildman–Crippen LogP) is 0.719. The smallest absolute Gasteiger partial charge is 0.290 e. The Bertz CT molecular complexity index is 454. The number of ether oxygens (including phenoxy) is 1. The maximum Gasteiger partial charge on any atom is 0.290 e. The second-order valence-electron chi connectivity index (χ2n) is 4.56. The quantitative estimate of drug-likeness (QED) is 0.592. The fourth-order valence-electron chi connectivity index (χ4n) is 1.76. The molecule has 0 amide bonds. The van der Waals surface area contributed by atoms with Crippen LogP contribution in [0.5, 0.6) is 0 Å². The minimum atomic E-state index is -0.457. The van der Waals surface area contributed by atoms with Crippen molar-refractivity contribution in [2.24, 2.45) is 5.41 Å². The van der Waals surface area contributed by atoms with Crippen molar-refractivity contribution in [3.8, 4) is 0 Å². The summed E-state index contributed by atoms with van der Waals surface area (Å²) >= 11 is 0. The van der Waals surface area contributed by atoms with Crippen LogP contribution in [-0.4, -0.2) is 41.4 Å². The molecule has 0 radical (unpaired) electrons. The van der Waals surface area contributed by atoms with Crippen LogP contribution in [0.15, 0.2) is 12.1 Å². The van der Waals surface area contributed by atoms with Gasteiger partial charge in [0.2, 0.25) is 0 Å². The molecule has 1 aromatic rings. The summed E-state index contributed by atoms with van der Waals surface area (Å²) < 4.78 is 5.08. The lowest BCUT2D eigenvalue weighted by atomic mass is 9.87. The number of nitrogens with one attached hydrogen (secondary N) is 1. The zero-order chi connectivity index (χ0) is 13.2. The lowest BCUT2D eigenvalue weighted by Crippen LogP contribution is -2.50. The van der Waals surface area contributed by atoms with Crippen molar-refractivity contribution in [2.75, 3.05) is 31.7 Å². The van der Waals surface area contributed by atoms with Crippen molar-refractivity contribution in [3.63, 3.8) is 0 Å². The third-order valence-corrected chi connectivity index (χ3v) is 3.05. The maximum atomic E-state index is 10.6. The lowest BCUT2D eigenvalue weighted by molar-refractivity contribution is -0.385. The van der Waals surface area contributed by atoms with Crippen LogP contribution in [0.1, 0.15) is 5.69 Å². The Morgan fingerprint density at radius 1 is 1.61 bits per heavy atom. The van der Waals surface area contributed by atoms with E-state index in [1.807, 2.05) is 0 Å². The third-order valence-electron chi connectivity index (χ3n) is 3.05. The first-order valence-corrected chi connectivity index (χ1v) is 5.61. The molecule has 1 saturated heterocycles. The van der Waals surface area contributed by atoms with Crippen LogP contribution in [0.25, 0.3) is 0 Å². The molecule has 0 spiro atoms. The summed E-state index contributed by atoms with van der Waals surface area (Å²) in [5.41, 5.74) is 0.120. The molecule has 98 valence electrons. The van der Waals surface area contributed by atoms with Crippen LogP contribution in [0.3, 0.4) is 0 Å². The Labute approximate surface area is 104 Å². The molecule has 0 aliphatic carbocycles. The van der Waals surface area contributed by atoms with E-state index in [2.05, 4.69) is 10.3 Å². The molecule has 0 atom stereocenters. The van der Waals surface area contributed by atoms with Gasteiger partial charge >= 0.3 is 0 Å². The van der Waals surface area contributed by atoms with Gasteiger partial charge < -0.3 is 15.2 Å². The van der Waals surface area contributed by atoms with Gasteiger partial charge in [-0.3, -0.25) is 10.1 Å². The number of nitro groups is 1. The van der Waals surface area contributed by atoms with Crippen molar-refractivity contribution in [3.05, 3.63) is 27.9 Å². The fraction of sp³-hybridized carbons (Fsp3) is 0.545. The van der Waals surface area contributed by atoms with Gasteiger partial charge in [0.1, 0.15) is 11.5 Å². The molecule has 2 heterocycles. The van der Waals surface area contributed by atoms with Gasteiger partial charge in [-0.25, -0.2) is 4.98 Å². The van der Waals surface area contributed by atoms with Crippen LogP contribution in [0.4, 0.5) is 11.5 Å². The second-order valence-corrected chi connectivity index (χ2v) is 4.56. The Kier molecular flexibility index (Phi) is 3.44. The molecule has 7 heteroatoms. The topological polar surface area (TPSA) is 97.5 Å². The van der Waals surface area contributed by atoms with Gasteiger partial charge in [-0.2, -0.15) is 0 Å². The molecule has 1 aliphatic heterocycles. The molecule has 18 heavy (non-hydrogen) atoms. The van der Waals surface area contributed by atoms with E-state index in [1.165, 1.54) is 6.07 Å². The molecule has 1 fully saturated rings. The van der Waals surface area contributed by atoms with E-state index < -0.39 is 4.92 Å². The second kappa shape index (κ2) is 4.87. The summed E-state index contributed by atoms with van der Waals surface area (Å²) in [6.07, 6.45) is 0. The molecule has 0 unspecified atom stereocenters. The number of rotatable bonds is 5. The third kappa shape index (κ3) is 2.41. The van der Waals surface area contributed by atoms with Crippen molar-refractivity contribution >= 4 is 11.5 Å². The van der Waals surface area contributed by atoms with E-state index in [-0.39, 0.29) is 17.7 Å². The van der Waals surface area contributed by atoms with Crippen molar-refractivity contribution < 1.29 is 14.8 Å². The molecule has 0 aromatic carbocycles. The van der Waals surface area contributed by atoms with Crippen molar-refractivity contribution in [2.45, 2.75) is 6.92 Å². The summed E-state index contributed by atoms with van der Waals surface area (Å²) in [6.45, 7) is 3.21. The Balaban J connectivity index is 2.02. The predicted molar refractivity (Wildman–Crippen MR) is 64.5 cm³/mol. The Morgan fingerprint density at radius 2 is 2.33 bits per heavy atom. The first kappa shape index (κ1) is 12.7. The number of aromatic nitrogens is 1. The van der Waals surface area contributed by atoms with Crippen LogP contribution in [0.2, 0.25) is 0 Å². The highest BCUT2D eigenvalue weighted by atomic mass is 16.6. The normalized spacial score (nSPS) is 17.0.